The number of aromatic amines is 1. The molecule has 148 valence electrons. The van der Waals surface area contributed by atoms with E-state index >= 15 is 0 Å². The molecule has 0 aliphatic heterocycles. The molecule has 0 unspecified atom stereocenters. The predicted molar refractivity (Wildman–Crippen MR) is 120 cm³/mol. The second kappa shape index (κ2) is 7.15. The number of carbonyl (C=O) groups excluding carboxylic acids is 1. The van der Waals surface area contributed by atoms with E-state index in [-0.39, 0.29) is 5.91 Å². The SMILES string of the molecule is CN(Cc1cc2ccccc2n1C)C(=O)/C=C/c1cnc2[nH]c3ncccc3c2c1. The molecule has 0 bridgehead atoms. The highest BCUT2D eigenvalue weighted by atomic mass is 16.2. The van der Waals surface area contributed by atoms with Gasteiger partial charge in [-0.2, -0.15) is 0 Å². The zero-order valence-corrected chi connectivity index (χ0v) is 16.8. The molecule has 1 amide bonds. The number of benzene rings is 1. The maximum Gasteiger partial charge on any atom is 0.246 e. The Bertz CT molecular complexity index is 1430. The smallest absolute Gasteiger partial charge is 0.246 e. The van der Waals surface area contributed by atoms with Crippen LogP contribution in [0.3, 0.4) is 0 Å². The number of amides is 1. The van der Waals surface area contributed by atoms with E-state index < -0.39 is 0 Å². The average molecular weight is 395 g/mol. The zero-order chi connectivity index (χ0) is 20.7. The number of aryl methyl sites for hydroxylation is 1. The van der Waals surface area contributed by atoms with Crippen LogP contribution in [0, 0.1) is 0 Å². The molecule has 1 aromatic carbocycles. The molecule has 0 saturated heterocycles. The summed E-state index contributed by atoms with van der Waals surface area (Å²) >= 11 is 0. The van der Waals surface area contributed by atoms with Gasteiger partial charge in [-0.15, -0.1) is 0 Å². The van der Waals surface area contributed by atoms with Crippen molar-refractivity contribution in [2.24, 2.45) is 7.05 Å². The van der Waals surface area contributed by atoms with Crippen LogP contribution in [0.25, 0.3) is 39.0 Å². The predicted octanol–water partition coefficient (Wildman–Crippen LogP) is 4.27. The van der Waals surface area contributed by atoms with Crippen molar-refractivity contribution in [1.29, 1.82) is 0 Å². The first-order valence-corrected chi connectivity index (χ1v) is 9.79. The molecule has 4 heterocycles. The largest absolute Gasteiger partial charge is 0.346 e. The minimum absolute atomic E-state index is 0.0547. The van der Waals surface area contributed by atoms with Crippen LogP contribution in [0.15, 0.2) is 67.0 Å². The van der Waals surface area contributed by atoms with Gasteiger partial charge in [-0.25, -0.2) is 9.97 Å². The Morgan fingerprint density at radius 1 is 1.10 bits per heavy atom. The van der Waals surface area contributed by atoms with Crippen molar-refractivity contribution in [2.75, 3.05) is 7.05 Å². The number of para-hydroxylation sites is 1. The van der Waals surface area contributed by atoms with Gasteiger partial charge in [0.05, 0.1) is 6.54 Å². The Morgan fingerprint density at radius 3 is 2.80 bits per heavy atom. The van der Waals surface area contributed by atoms with E-state index in [1.165, 1.54) is 5.39 Å². The molecule has 0 spiro atoms. The Hall–Kier alpha value is -3.93. The topological polar surface area (TPSA) is 66.8 Å². The Kier molecular flexibility index (Phi) is 4.32. The summed E-state index contributed by atoms with van der Waals surface area (Å²) in [7, 11) is 3.85. The first-order chi connectivity index (χ1) is 14.6. The van der Waals surface area contributed by atoms with Crippen molar-refractivity contribution >= 4 is 45.0 Å². The number of rotatable bonds is 4. The first-order valence-electron chi connectivity index (χ1n) is 9.79. The lowest BCUT2D eigenvalue weighted by atomic mass is 10.2. The summed E-state index contributed by atoms with van der Waals surface area (Å²) in [6.45, 7) is 0.541. The number of likely N-dealkylation sites (N-methyl/N-ethyl adjacent to an activating group) is 1. The molecule has 0 aliphatic carbocycles. The van der Waals surface area contributed by atoms with Crippen molar-refractivity contribution in [2.45, 2.75) is 6.54 Å². The van der Waals surface area contributed by atoms with Gasteiger partial charge in [0.1, 0.15) is 11.3 Å². The lowest BCUT2D eigenvalue weighted by molar-refractivity contribution is -0.125. The van der Waals surface area contributed by atoms with Gasteiger partial charge in [0.25, 0.3) is 0 Å². The highest BCUT2D eigenvalue weighted by molar-refractivity contribution is 6.05. The lowest BCUT2D eigenvalue weighted by Gasteiger charge is -2.15. The van der Waals surface area contributed by atoms with Crippen LogP contribution in [-0.2, 0) is 18.4 Å². The van der Waals surface area contributed by atoms with Gasteiger partial charge in [0.15, 0.2) is 0 Å². The van der Waals surface area contributed by atoms with Crippen LogP contribution < -0.4 is 0 Å². The van der Waals surface area contributed by atoms with E-state index in [1.54, 1.807) is 23.4 Å². The van der Waals surface area contributed by atoms with Crippen molar-refractivity contribution in [3.05, 3.63) is 78.3 Å². The van der Waals surface area contributed by atoms with Gasteiger partial charge in [-0.3, -0.25) is 4.79 Å². The van der Waals surface area contributed by atoms with Gasteiger partial charge < -0.3 is 14.5 Å². The summed E-state index contributed by atoms with van der Waals surface area (Å²) in [5.74, 6) is -0.0547. The van der Waals surface area contributed by atoms with Crippen molar-refractivity contribution < 1.29 is 4.79 Å². The lowest BCUT2D eigenvalue weighted by Crippen LogP contribution is -2.25. The molecule has 1 N–H and O–H groups in total. The van der Waals surface area contributed by atoms with E-state index in [4.69, 9.17) is 0 Å². The van der Waals surface area contributed by atoms with Gasteiger partial charge in [-0.05, 0) is 47.4 Å². The number of hydrogen-bond acceptors (Lipinski definition) is 3. The monoisotopic (exact) mass is 395 g/mol. The van der Waals surface area contributed by atoms with Crippen LogP contribution in [-0.4, -0.2) is 37.4 Å². The van der Waals surface area contributed by atoms with Crippen LogP contribution in [0.1, 0.15) is 11.3 Å². The van der Waals surface area contributed by atoms with E-state index in [2.05, 4.69) is 37.7 Å². The standard InChI is InChI=1S/C24H21N5O/c1-28(15-18-13-17-6-3-4-8-21(17)29(18)2)22(30)10-9-16-12-20-19-7-5-11-25-23(19)27-24(20)26-14-16/h3-14H,15H2,1-2H3,(H,25,26,27)/b10-9+. The fraction of sp³-hybridized carbons (Fsp3) is 0.125. The highest BCUT2D eigenvalue weighted by Crippen LogP contribution is 2.23. The van der Waals surface area contributed by atoms with Crippen LogP contribution >= 0.6 is 0 Å². The average Bonchev–Trinajstić information content (AvgIpc) is 3.29. The summed E-state index contributed by atoms with van der Waals surface area (Å²) in [5.41, 5.74) is 4.73. The third-order valence-electron chi connectivity index (χ3n) is 5.49. The number of hydrogen-bond donors (Lipinski definition) is 1. The molecular formula is C24H21N5O. The van der Waals surface area contributed by atoms with Gasteiger partial charge in [0, 0.05) is 54.5 Å². The fourth-order valence-electron chi connectivity index (χ4n) is 3.82. The first kappa shape index (κ1) is 18.1. The third kappa shape index (κ3) is 3.12. The molecule has 30 heavy (non-hydrogen) atoms. The second-order valence-electron chi connectivity index (χ2n) is 7.47. The molecule has 0 fully saturated rings. The molecule has 0 saturated carbocycles. The van der Waals surface area contributed by atoms with Gasteiger partial charge in [-0.1, -0.05) is 18.2 Å². The summed E-state index contributed by atoms with van der Waals surface area (Å²) < 4.78 is 2.13. The molecule has 0 atom stereocenters. The molecule has 4 aromatic heterocycles. The summed E-state index contributed by atoms with van der Waals surface area (Å²) in [4.78, 5) is 26.4. The summed E-state index contributed by atoms with van der Waals surface area (Å²) in [5, 5.41) is 3.20. The van der Waals surface area contributed by atoms with Crippen LogP contribution in [0.2, 0.25) is 0 Å². The van der Waals surface area contributed by atoms with E-state index in [0.717, 1.165) is 38.8 Å². The maximum atomic E-state index is 12.7. The number of fused-ring (bicyclic) bond motifs is 4. The second-order valence-corrected chi connectivity index (χ2v) is 7.47. The molecule has 6 nitrogen and oxygen atoms in total. The van der Waals surface area contributed by atoms with Crippen molar-refractivity contribution in [3.8, 4) is 0 Å². The summed E-state index contributed by atoms with van der Waals surface area (Å²) in [6.07, 6.45) is 6.91. The minimum Gasteiger partial charge on any atom is -0.346 e. The molecule has 6 heteroatoms. The minimum atomic E-state index is -0.0547. The Morgan fingerprint density at radius 2 is 1.93 bits per heavy atom. The molecule has 0 aliphatic rings. The van der Waals surface area contributed by atoms with Crippen LogP contribution in [0.4, 0.5) is 0 Å². The van der Waals surface area contributed by atoms with E-state index in [1.807, 2.05) is 50.5 Å². The number of aromatic nitrogens is 4. The normalized spacial score (nSPS) is 11.8. The highest BCUT2D eigenvalue weighted by Gasteiger charge is 2.11. The van der Waals surface area contributed by atoms with E-state index in [0.29, 0.717) is 6.54 Å². The quantitative estimate of drug-likeness (QED) is 0.462. The third-order valence-corrected chi connectivity index (χ3v) is 5.49. The van der Waals surface area contributed by atoms with E-state index in [9.17, 15) is 4.79 Å². The van der Waals surface area contributed by atoms with Gasteiger partial charge in [0.2, 0.25) is 5.91 Å². The maximum absolute atomic E-state index is 12.7. The molecule has 0 radical (unpaired) electrons. The number of pyridine rings is 2. The summed E-state index contributed by atoms with van der Waals surface area (Å²) in [6, 6.07) is 16.3. The number of nitrogens with zero attached hydrogens (tertiary/aromatic N) is 4. The number of H-pyrrole nitrogens is 1. The Balaban J connectivity index is 1.36. The number of nitrogens with one attached hydrogen (secondary N) is 1. The van der Waals surface area contributed by atoms with Crippen molar-refractivity contribution in [1.82, 2.24) is 24.4 Å². The fourth-order valence-corrected chi connectivity index (χ4v) is 3.82. The van der Waals surface area contributed by atoms with Crippen molar-refractivity contribution in [3.63, 3.8) is 0 Å². The zero-order valence-electron chi connectivity index (χ0n) is 16.8. The molecular weight excluding hydrogens is 374 g/mol. The molecule has 5 rings (SSSR count). The number of carbonyl (C=O) groups is 1. The van der Waals surface area contributed by atoms with Gasteiger partial charge >= 0.3 is 0 Å². The van der Waals surface area contributed by atoms with Crippen LogP contribution in [0.5, 0.6) is 0 Å². The Labute approximate surface area is 173 Å². The molecule has 5 aromatic rings.